The summed E-state index contributed by atoms with van der Waals surface area (Å²) in [5.74, 6) is 2.12. The van der Waals surface area contributed by atoms with Gasteiger partial charge in [-0.25, -0.2) is 17.6 Å². The Hall–Kier alpha value is -2.69. The molecule has 7 rings (SSSR count). The molecule has 9 unspecified atom stereocenters. The number of rotatable bonds is 6. The molecule has 0 heterocycles. The molecular weight excluding hydrogens is 584 g/mol. The van der Waals surface area contributed by atoms with Gasteiger partial charge in [0, 0.05) is 5.92 Å². The number of carbonyl (C=O) groups excluding carboxylic acids is 1. The number of hydrogen-bond donors (Lipinski definition) is 0. The number of fused-ring (bicyclic) bond motifs is 2. The lowest BCUT2D eigenvalue weighted by molar-refractivity contribution is -0.109. The number of benzene rings is 2. The fourth-order valence-electron chi connectivity index (χ4n) is 9.88. The number of hydrogen-bond acceptors (Lipinski definition) is 1. The Morgan fingerprint density at radius 2 is 1.22 bits per heavy atom. The molecular formula is C41H52F4O. The van der Waals surface area contributed by atoms with Crippen LogP contribution in [0, 0.1) is 64.2 Å². The zero-order valence-electron chi connectivity index (χ0n) is 27.4. The van der Waals surface area contributed by atoms with Gasteiger partial charge >= 0.3 is 0 Å². The fraction of sp³-hybridized carbons (Fsp3) is 0.585. The summed E-state index contributed by atoms with van der Waals surface area (Å²) in [4.78, 5) is 11.0. The van der Waals surface area contributed by atoms with Gasteiger partial charge in [-0.1, -0.05) is 24.6 Å². The molecule has 1 spiro atoms. The first kappa shape index (κ1) is 34.6. The molecule has 250 valence electrons. The van der Waals surface area contributed by atoms with Crippen LogP contribution in [0.3, 0.4) is 0 Å². The van der Waals surface area contributed by atoms with Gasteiger partial charge in [-0.3, -0.25) is 0 Å². The largest absolute Gasteiger partial charge is 0.303 e. The Morgan fingerprint density at radius 1 is 0.674 bits per heavy atom. The van der Waals surface area contributed by atoms with Crippen LogP contribution >= 0.6 is 0 Å². The van der Waals surface area contributed by atoms with E-state index < -0.39 is 23.3 Å². The van der Waals surface area contributed by atoms with Crippen molar-refractivity contribution >= 4 is 6.29 Å². The average molecular weight is 637 g/mol. The summed E-state index contributed by atoms with van der Waals surface area (Å²) in [6.07, 6.45) is 21.2. The molecule has 46 heavy (non-hydrogen) atoms. The predicted molar refractivity (Wildman–Crippen MR) is 178 cm³/mol. The van der Waals surface area contributed by atoms with Gasteiger partial charge in [0.2, 0.25) is 0 Å². The van der Waals surface area contributed by atoms with E-state index in [0.29, 0.717) is 29.1 Å². The van der Waals surface area contributed by atoms with Gasteiger partial charge in [-0.05, 0) is 172 Å². The van der Waals surface area contributed by atoms with Crippen LogP contribution in [0.1, 0.15) is 119 Å². The van der Waals surface area contributed by atoms with Crippen LogP contribution in [-0.2, 0) is 4.79 Å². The van der Waals surface area contributed by atoms with Gasteiger partial charge in [0.1, 0.15) is 6.29 Å². The highest BCUT2D eigenvalue weighted by Gasteiger charge is 2.57. The monoisotopic (exact) mass is 636 g/mol. The van der Waals surface area contributed by atoms with E-state index in [0.717, 1.165) is 79.6 Å². The maximum atomic E-state index is 13.5. The molecule has 0 amide bonds. The molecule has 5 saturated carbocycles. The molecule has 9 atom stereocenters. The van der Waals surface area contributed by atoms with Crippen molar-refractivity contribution in [2.75, 3.05) is 0 Å². The summed E-state index contributed by atoms with van der Waals surface area (Å²) < 4.78 is 53.1. The summed E-state index contributed by atoms with van der Waals surface area (Å²) in [6.45, 7) is 9.83. The maximum Gasteiger partial charge on any atom is 0.159 e. The minimum absolute atomic E-state index is 0.317. The van der Waals surface area contributed by atoms with Gasteiger partial charge in [-0.15, -0.1) is 19.7 Å². The van der Waals surface area contributed by atoms with Crippen molar-refractivity contribution in [3.8, 4) is 0 Å². The van der Waals surface area contributed by atoms with Crippen molar-refractivity contribution < 1.29 is 22.4 Å². The number of aldehydes is 1. The molecule has 0 aromatic heterocycles. The summed E-state index contributed by atoms with van der Waals surface area (Å²) in [5, 5.41) is 0. The smallest absolute Gasteiger partial charge is 0.159 e. The second-order valence-corrected chi connectivity index (χ2v) is 15.0. The van der Waals surface area contributed by atoms with Gasteiger partial charge in [-0.2, -0.15) is 0 Å². The molecule has 2 aromatic carbocycles. The van der Waals surface area contributed by atoms with Crippen molar-refractivity contribution in [3.63, 3.8) is 0 Å². The highest BCUT2D eigenvalue weighted by atomic mass is 19.2. The first-order valence-electron chi connectivity index (χ1n) is 17.7. The second kappa shape index (κ2) is 15.5. The minimum atomic E-state index is -0.759. The van der Waals surface area contributed by atoms with Crippen molar-refractivity contribution in [1.29, 1.82) is 0 Å². The third kappa shape index (κ3) is 7.88. The van der Waals surface area contributed by atoms with E-state index in [1.807, 2.05) is 6.08 Å². The van der Waals surface area contributed by atoms with E-state index >= 15 is 0 Å². The van der Waals surface area contributed by atoms with Crippen LogP contribution in [-0.4, -0.2) is 6.29 Å². The van der Waals surface area contributed by atoms with Crippen LogP contribution in [0.2, 0.25) is 0 Å². The Labute approximate surface area is 273 Å². The molecule has 5 fully saturated rings. The van der Waals surface area contributed by atoms with Gasteiger partial charge in [0.15, 0.2) is 23.3 Å². The summed E-state index contributed by atoms with van der Waals surface area (Å²) in [6, 6.07) is 8.86. The van der Waals surface area contributed by atoms with Crippen molar-refractivity contribution in [3.05, 3.63) is 96.6 Å². The molecule has 5 aliphatic carbocycles. The molecule has 0 bridgehead atoms. The minimum Gasteiger partial charge on any atom is -0.303 e. The summed E-state index contributed by atoms with van der Waals surface area (Å²) in [7, 11) is 0. The van der Waals surface area contributed by atoms with Crippen LogP contribution < -0.4 is 0 Å². The van der Waals surface area contributed by atoms with Crippen LogP contribution in [0.5, 0.6) is 0 Å². The lowest BCUT2D eigenvalue weighted by Gasteiger charge is -2.43. The van der Waals surface area contributed by atoms with Crippen molar-refractivity contribution in [2.45, 2.75) is 108 Å². The van der Waals surface area contributed by atoms with E-state index in [-0.39, 0.29) is 0 Å². The molecule has 0 N–H and O–H groups in total. The zero-order valence-corrected chi connectivity index (χ0v) is 27.4. The van der Waals surface area contributed by atoms with Gasteiger partial charge in [0.25, 0.3) is 0 Å². The van der Waals surface area contributed by atoms with Crippen molar-refractivity contribution in [2.24, 2.45) is 40.9 Å². The zero-order chi connectivity index (χ0) is 32.8. The quantitative estimate of drug-likeness (QED) is 0.175. The summed E-state index contributed by atoms with van der Waals surface area (Å²) >= 11 is 0. The highest BCUT2D eigenvalue weighted by Crippen LogP contribution is 2.64. The van der Waals surface area contributed by atoms with Gasteiger partial charge < -0.3 is 4.79 Å². The molecule has 2 aromatic rings. The highest BCUT2D eigenvalue weighted by molar-refractivity contribution is 5.60. The van der Waals surface area contributed by atoms with E-state index in [9.17, 15) is 22.4 Å². The lowest BCUT2D eigenvalue weighted by atomic mass is 9.62. The Morgan fingerprint density at radius 3 is 1.76 bits per heavy atom. The Kier molecular flexibility index (Phi) is 11.7. The van der Waals surface area contributed by atoms with Crippen molar-refractivity contribution in [1.82, 2.24) is 0 Å². The van der Waals surface area contributed by atoms with Crippen LogP contribution in [0.25, 0.3) is 0 Å². The first-order valence-corrected chi connectivity index (χ1v) is 17.7. The van der Waals surface area contributed by atoms with E-state index in [1.165, 1.54) is 82.1 Å². The number of allylic oxidation sites excluding steroid dienone is 1. The topological polar surface area (TPSA) is 17.1 Å². The third-order valence-electron chi connectivity index (χ3n) is 12.6. The lowest BCUT2D eigenvalue weighted by Crippen LogP contribution is -2.32. The predicted octanol–water partition coefficient (Wildman–Crippen LogP) is 11.9. The molecule has 0 radical (unpaired) electrons. The number of carbonyl (C=O) groups is 1. The molecule has 5 aliphatic rings. The second-order valence-electron chi connectivity index (χ2n) is 15.0. The normalized spacial score (nSPS) is 34.4. The fourth-order valence-corrected chi connectivity index (χ4v) is 9.88. The third-order valence-corrected chi connectivity index (χ3v) is 12.6. The Balaban J connectivity index is 0.000000172. The van der Waals surface area contributed by atoms with Gasteiger partial charge in [0.05, 0.1) is 0 Å². The van der Waals surface area contributed by atoms with E-state index in [4.69, 9.17) is 0 Å². The molecule has 0 saturated heterocycles. The average Bonchev–Trinajstić information content (AvgIpc) is 3.78. The maximum absolute atomic E-state index is 13.5. The van der Waals surface area contributed by atoms with E-state index in [1.54, 1.807) is 12.1 Å². The number of halogens is 4. The molecule has 1 nitrogen and oxygen atoms in total. The SMILES string of the molecule is C=C.C=CCCC1CCC2CC(c3ccc(F)c(F)c3)CCC2C1.O=CC1CC12CCC1CC(c3ccc(F)c(F)c3)CCC1C2. The first-order chi connectivity index (χ1) is 22.3. The molecule has 0 aliphatic heterocycles. The van der Waals surface area contributed by atoms with Crippen LogP contribution in [0.15, 0.2) is 62.2 Å². The molecule has 5 heteroatoms. The summed E-state index contributed by atoms with van der Waals surface area (Å²) in [5.41, 5.74) is 2.29. The van der Waals surface area contributed by atoms with E-state index in [2.05, 4.69) is 19.7 Å². The van der Waals surface area contributed by atoms with Crippen LogP contribution in [0.4, 0.5) is 17.6 Å². The Bertz CT molecular complexity index is 1340. The standard InChI is InChI=1S/C20H26F2.C19H22F2O.C2H4/c1-2-3-4-14-5-6-16-12-17(8-7-15(16)11-14)18-9-10-19(21)20(22)13-18;20-17-4-3-13(8-18(17)21)12-1-2-15-9-19(10-16(19)11-22)6-5-14(15)7-12;1-2/h2,9-10,13-17H,1,3-8,11-12H2;3-4,8,11-12,14-16H,1-2,5-7,9-10H2;1-2H2.